The normalized spacial score (nSPS) is 20.0. The zero-order chi connectivity index (χ0) is 17.7. The van der Waals surface area contributed by atoms with E-state index in [0.717, 1.165) is 5.46 Å². The average molecular weight is 315 g/mol. The summed E-state index contributed by atoms with van der Waals surface area (Å²) in [5.41, 5.74) is 2.82. The van der Waals surface area contributed by atoms with Crippen LogP contribution in [0.2, 0.25) is 0 Å². The van der Waals surface area contributed by atoms with Gasteiger partial charge in [-0.3, -0.25) is 0 Å². The first-order chi connectivity index (χ1) is 10.3. The van der Waals surface area contributed by atoms with Crippen molar-refractivity contribution in [3.8, 4) is 0 Å². The fraction of sp³-hybridized carbons (Fsp3) is 0.700. The first-order valence-corrected chi connectivity index (χ1v) is 8.65. The van der Waals surface area contributed by atoms with E-state index in [4.69, 9.17) is 4.65 Å². The first-order valence-electron chi connectivity index (χ1n) is 8.65. The molecule has 0 heterocycles. The second-order valence-corrected chi connectivity index (χ2v) is 9.38. The van der Waals surface area contributed by atoms with Crippen molar-refractivity contribution in [3.63, 3.8) is 0 Å². The maximum Gasteiger partial charge on any atom is 0.330 e. The monoisotopic (exact) mass is 315 g/mol. The summed E-state index contributed by atoms with van der Waals surface area (Å²) < 4.78 is 5.92. The van der Waals surface area contributed by atoms with Crippen molar-refractivity contribution in [2.45, 2.75) is 90.3 Å². The Hall–Kier alpha value is -0.795. The van der Waals surface area contributed by atoms with Gasteiger partial charge in [0.1, 0.15) is 0 Å². The molecule has 0 unspecified atom stereocenters. The van der Waals surface area contributed by atoms with E-state index in [1.165, 1.54) is 24.0 Å². The highest BCUT2D eigenvalue weighted by molar-refractivity contribution is 6.47. The van der Waals surface area contributed by atoms with Gasteiger partial charge in [0.15, 0.2) is 0 Å². The van der Waals surface area contributed by atoms with Crippen LogP contribution in [0.15, 0.2) is 18.2 Å². The summed E-state index contributed by atoms with van der Waals surface area (Å²) in [6.45, 7) is 16.7. The Kier molecular flexibility index (Phi) is 4.54. The van der Waals surface area contributed by atoms with Gasteiger partial charge in [-0.25, -0.2) is 0 Å². The summed E-state index contributed by atoms with van der Waals surface area (Å²) in [5, 5.41) is 10.2. The minimum absolute atomic E-state index is 0.195. The second-order valence-electron chi connectivity index (χ2n) is 9.38. The van der Waals surface area contributed by atoms with Gasteiger partial charge in [0.2, 0.25) is 0 Å². The fourth-order valence-electron chi connectivity index (χ4n) is 3.04. The molecule has 1 aromatic carbocycles. The van der Waals surface area contributed by atoms with E-state index >= 15 is 0 Å². The van der Waals surface area contributed by atoms with Gasteiger partial charge in [-0.1, -0.05) is 51.4 Å². The molecule has 2 rings (SSSR count). The molecule has 0 aliphatic heterocycles. The minimum Gasteiger partial charge on any atom is -0.427 e. The van der Waals surface area contributed by atoms with Gasteiger partial charge in [-0.15, -0.1) is 0 Å². The average Bonchev–Trinajstić information content (AvgIpc) is 2.41. The summed E-state index contributed by atoms with van der Waals surface area (Å²) in [5.74, 6) is 0. The summed E-state index contributed by atoms with van der Waals surface area (Å²) in [7, 11) is 1.79. The molecule has 0 spiro atoms. The highest BCUT2D eigenvalue weighted by atomic mass is 16.5. The van der Waals surface area contributed by atoms with Crippen molar-refractivity contribution < 1.29 is 9.76 Å². The van der Waals surface area contributed by atoms with E-state index in [-0.39, 0.29) is 10.8 Å². The Bertz CT molecular complexity index is 580. The molecule has 127 valence electrons. The molecule has 0 aromatic heterocycles. The predicted octanol–water partition coefficient (Wildman–Crippen LogP) is 3.85. The molecular formula is C20H32BO2. The van der Waals surface area contributed by atoms with Crippen LogP contribution in [0.4, 0.5) is 0 Å². The molecule has 3 heteroatoms. The molecule has 1 aliphatic rings. The van der Waals surface area contributed by atoms with Gasteiger partial charge in [0.25, 0.3) is 0 Å². The van der Waals surface area contributed by atoms with Crippen LogP contribution in [0.5, 0.6) is 0 Å². The minimum atomic E-state index is -0.904. The lowest BCUT2D eigenvalue weighted by atomic mass is 9.62. The molecule has 0 amide bonds. The van der Waals surface area contributed by atoms with Crippen LogP contribution in [-0.2, 0) is 15.5 Å². The number of hydrogen-bond acceptors (Lipinski definition) is 2. The third-order valence-electron chi connectivity index (χ3n) is 5.84. The summed E-state index contributed by atoms with van der Waals surface area (Å²) in [4.78, 5) is 0. The standard InChI is InChI=1S/C20H32BO2/c1-17(2)11-12-18(3,4)16-13-14(9-10-15(16)17)21-23-20(7,8)19(5,6)22/h9-10,13,22H,11-12H2,1-8H3. The molecule has 0 atom stereocenters. The second kappa shape index (κ2) is 5.63. The molecule has 1 aliphatic carbocycles. The molecule has 1 aromatic rings. The molecule has 0 fully saturated rings. The Morgan fingerprint density at radius 1 is 0.957 bits per heavy atom. The maximum absolute atomic E-state index is 10.2. The SMILES string of the molecule is CC1(C)CCC(C)(C)c2cc([B]OC(C)(C)C(C)(C)O)ccc21. The van der Waals surface area contributed by atoms with Crippen LogP contribution >= 0.6 is 0 Å². The van der Waals surface area contributed by atoms with Crippen molar-refractivity contribution >= 4 is 12.9 Å². The first kappa shape index (κ1) is 18.5. The van der Waals surface area contributed by atoms with Gasteiger partial charge in [-0.2, -0.15) is 0 Å². The van der Waals surface area contributed by atoms with Crippen molar-refractivity contribution in [1.82, 2.24) is 0 Å². The van der Waals surface area contributed by atoms with Crippen molar-refractivity contribution in [2.24, 2.45) is 0 Å². The smallest absolute Gasteiger partial charge is 0.330 e. The van der Waals surface area contributed by atoms with Gasteiger partial charge >= 0.3 is 7.48 Å². The van der Waals surface area contributed by atoms with Crippen LogP contribution in [0.3, 0.4) is 0 Å². The third kappa shape index (κ3) is 3.66. The van der Waals surface area contributed by atoms with Crippen molar-refractivity contribution in [3.05, 3.63) is 29.3 Å². The molecule has 0 bridgehead atoms. The van der Waals surface area contributed by atoms with E-state index in [0.29, 0.717) is 0 Å². The molecule has 2 nitrogen and oxygen atoms in total. The van der Waals surface area contributed by atoms with E-state index in [2.05, 4.69) is 45.9 Å². The topological polar surface area (TPSA) is 29.5 Å². The molecule has 0 saturated heterocycles. The van der Waals surface area contributed by atoms with Crippen LogP contribution in [0.25, 0.3) is 0 Å². The highest BCUT2D eigenvalue weighted by Gasteiger charge is 2.38. The molecule has 23 heavy (non-hydrogen) atoms. The summed E-state index contributed by atoms with van der Waals surface area (Å²) >= 11 is 0. The number of aliphatic hydroxyl groups is 1. The Labute approximate surface area is 142 Å². The molecule has 1 N–H and O–H groups in total. The summed E-state index contributed by atoms with van der Waals surface area (Å²) in [6, 6.07) is 6.64. The van der Waals surface area contributed by atoms with E-state index in [1.54, 1.807) is 21.3 Å². The summed E-state index contributed by atoms with van der Waals surface area (Å²) in [6.07, 6.45) is 2.42. The highest BCUT2D eigenvalue weighted by Crippen LogP contribution is 2.45. The largest absolute Gasteiger partial charge is 0.427 e. The number of rotatable bonds is 4. The molecule has 0 saturated carbocycles. The zero-order valence-electron chi connectivity index (χ0n) is 16.1. The van der Waals surface area contributed by atoms with Crippen LogP contribution in [0, 0.1) is 0 Å². The molecule has 1 radical (unpaired) electrons. The van der Waals surface area contributed by atoms with E-state index in [9.17, 15) is 5.11 Å². The fourth-order valence-corrected chi connectivity index (χ4v) is 3.04. The van der Waals surface area contributed by atoms with Gasteiger partial charge in [0, 0.05) is 0 Å². The van der Waals surface area contributed by atoms with Crippen molar-refractivity contribution in [1.29, 1.82) is 0 Å². The van der Waals surface area contributed by atoms with E-state index in [1.807, 2.05) is 13.8 Å². The number of benzene rings is 1. The maximum atomic E-state index is 10.2. The van der Waals surface area contributed by atoms with Crippen LogP contribution in [0.1, 0.15) is 79.4 Å². The predicted molar refractivity (Wildman–Crippen MR) is 98.6 cm³/mol. The van der Waals surface area contributed by atoms with E-state index < -0.39 is 11.2 Å². The number of hydrogen-bond donors (Lipinski definition) is 1. The third-order valence-corrected chi connectivity index (χ3v) is 5.84. The Morgan fingerprint density at radius 3 is 2.00 bits per heavy atom. The van der Waals surface area contributed by atoms with Crippen molar-refractivity contribution in [2.75, 3.05) is 0 Å². The van der Waals surface area contributed by atoms with Gasteiger partial charge in [-0.05, 0) is 62.5 Å². The Morgan fingerprint density at radius 2 is 1.48 bits per heavy atom. The lowest BCUT2D eigenvalue weighted by Gasteiger charge is -2.42. The lowest BCUT2D eigenvalue weighted by molar-refractivity contribution is -0.0893. The van der Waals surface area contributed by atoms with Gasteiger partial charge < -0.3 is 9.76 Å². The quantitative estimate of drug-likeness (QED) is 0.855. The van der Waals surface area contributed by atoms with Crippen LogP contribution < -0.4 is 5.46 Å². The zero-order valence-corrected chi connectivity index (χ0v) is 16.1. The lowest BCUT2D eigenvalue weighted by Crippen LogP contribution is -2.49. The van der Waals surface area contributed by atoms with Crippen LogP contribution in [-0.4, -0.2) is 23.8 Å². The number of fused-ring (bicyclic) bond motifs is 1. The Balaban J connectivity index is 2.28. The van der Waals surface area contributed by atoms with Gasteiger partial charge in [0.05, 0.1) is 11.2 Å². The molecular weight excluding hydrogens is 283 g/mol.